The summed E-state index contributed by atoms with van der Waals surface area (Å²) in [5, 5.41) is 4.51. The number of aromatic nitrogens is 3. The molecule has 0 spiro atoms. The maximum Gasteiger partial charge on any atom is 0.417 e. The Balaban J connectivity index is 2.61. The van der Waals surface area contributed by atoms with Gasteiger partial charge in [-0.2, -0.15) is 28.1 Å². The van der Waals surface area contributed by atoms with E-state index in [9.17, 15) is 22.8 Å². The molecule has 24 heavy (non-hydrogen) atoms. The van der Waals surface area contributed by atoms with Gasteiger partial charge in [0.15, 0.2) is 5.82 Å². The predicted molar refractivity (Wildman–Crippen MR) is 78.9 cm³/mol. The molecule has 2 aromatic rings. The van der Waals surface area contributed by atoms with Crippen molar-refractivity contribution in [1.29, 1.82) is 0 Å². The highest BCUT2D eigenvalue weighted by Crippen LogP contribution is 2.36. The lowest BCUT2D eigenvalue weighted by atomic mass is 10.1. The number of benzene rings is 1. The fraction of sp³-hybridized carbons (Fsp3) is 0.214. The summed E-state index contributed by atoms with van der Waals surface area (Å²) in [4.78, 5) is 33.7. The molecule has 10 heteroatoms. The van der Waals surface area contributed by atoms with Gasteiger partial charge < -0.3 is 0 Å². The van der Waals surface area contributed by atoms with Gasteiger partial charge in [0, 0.05) is 19.4 Å². The van der Waals surface area contributed by atoms with Crippen LogP contribution in [-0.4, -0.2) is 26.8 Å². The molecule has 0 aliphatic heterocycles. The number of rotatable bonds is 3. The van der Waals surface area contributed by atoms with Crippen LogP contribution in [0.2, 0.25) is 0 Å². The van der Waals surface area contributed by atoms with Crippen LogP contribution in [0.3, 0.4) is 0 Å². The third-order valence-electron chi connectivity index (χ3n) is 2.68. The zero-order valence-corrected chi connectivity index (χ0v) is 12.6. The molecule has 0 aliphatic rings. The molecule has 0 fully saturated rings. The van der Waals surface area contributed by atoms with Crippen LogP contribution >= 0.6 is 0 Å². The van der Waals surface area contributed by atoms with Crippen LogP contribution in [0, 0.1) is 0 Å². The topological polar surface area (TPSA) is 96.9 Å². The van der Waals surface area contributed by atoms with Crippen molar-refractivity contribution < 1.29 is 22.8 Å². The van der Waals surface area contributed by atoms with E-state index in [1.165, 1.54) is 32.0 Å². The molecule has 1 aromatic carbocycles. The van der Waals surface area contributed by atoms with Crippen LogP contribution in [0.15, 0.2) is 24.3 Å². The van der Waals surface area contributed by atoms with Crippen molar-refractivity contribution in [2.75, 3.05) is 10.6 Å². The maximum absolute atomic E-state index is 13.1. The van der Waals surface area contributed by atoms with Gasteiger partial charge in [0.1, 0.15) is 0 Å². The number of nitrogens with one attached hydrogen (secondary N) is 2. The van der Waals surface area contributed by atoms with Gasteiger partial charge in [0.25, 0.3) is 0 Å². The van der Waals surface area contributed by atoms with Crippen LogP contribution in [0.25, 0.3) is 11.4 Å². The van der Waals surface area contributed by atoms with Crippen molar-refractivity contribution in [3.05, 3.63) is 29.8 Å². The van der Waals surface area contributed by atoms with Crippen molar-refractivity contribution in [3.8, 4) is 11.4 Å². The Morgan fingerprint density at radius 1 is 0.917 bits per heavy atom. The first-order valence-corrected chi connectivity index (χ1v) is 6.64. The SMILES string of the molecule is CC(=O)Nc1nc(NC(C)=O)nc(-c2ccccc2C(F)(F)F)n1. The molecule has 1 heterocycles. The van der Waals surface area contributed by atoms with E-state index in [-0.39, 0.29) is 23.3 Å². The highest BCUT2D eigenvalue weighted by molar-refractivity contribution is 5.89. The smallest absolute Gasteiger partial charge is 0.295 e. The number of nitrogens with zero attached hydrogens (tertiary/aromatic N) is 3. The van der Waals surface area contributed by atoms with Crippen LogP contribution in [-0.2, 0) is 15.8 Å². The highest BCUT2D eigenvalue weighted by atomic mass is 19.4. The number of amides is 2. The second-order valence-electron chi connectivity index (χ2n) is 4.71. The lowest BCUT2D eigenvalue weighted by molar-refractivity contribution is -0.137. The van der Waals surface area contributed by atoms with Crippen molar-refractivity contribution in [2.24, 2.45) is 0 Å². The molecule has 126 valence electrons. The molecule has 0 saturated heterocycles. The monoisotopic (exact) mass is 339 g/mol. The van der Waals surface area contributed by atoms with Gasteiger partial charge in [-0.1, -0.05) is 18.2 Å². The van der Waals surface area contributed by atoms with E-state index in [4.69, 9.17) is 0 Å². The largest absolute Gasteiger partial charge is 0.417 e. The van der Waals surface area contributed by atoms with E-state index in [2.05, 4.69) is 25.6 Å². The summed E-state index contributed by atoms with van der Waals surface area (Å²) in [7, 11) is 0. The quantitative estimate of drug-likeness (QED) is 0.895. The lowest BCUT2D eigenvalue weighted by Gasteiger charge is -2.13. The fourth-order valence-electron chi connectivity index (χ4n) is 1.85. The Morgan fingerprint density at radius 3 is 1.88 bits per heavy atom. The van der Waals surface area contributed by atoms with E-state index in [1.807, 2.05) is 0 Å². The summed E-state index contributed by atoms with van der Waals surface area (Å²) in [6, 6.07) is 4.70. The Morgan fingerprint density at radius 2 is 1.42 bits per heavy atom. The van der Waals surface area contributed by atoms with Gasteiger partial charge in [-0.15, -0.1) is 0 Å². The lowest BCUT2D eigenvalue weighted by Crippen LogP contribution is -2.16. The van der Waals surface area contributed by atoms with E-state index >= 15 is 0 Å². The zero-order valence-electron chi connectivity index (χ0n) is 12.6. The van der Waals surface area contributed by atoms with Gasteiger partial charge in [-0.25, -0.2) is 0 Å². The molecule has 0 unspecified atom stereocenters. The standard InChI is InChI=1S/C14H12F3N5O2/c1-7(23)18-12-20-11(21-13(22-12)19-8(2)24)9-5-3-4-6-10(9)14(15,16)17/h3-6H,1-2H3,(H2,18,19,20,21,22,23,24). The van der Waals surface area contributed by atoms with Crippen LogP contribution in [0.5, 0.6) is 0 Å². The van der Waals surface area contributed by atoms with Crippen LogP contribution in [0.1, 0.15) is 19.4 Å². The number of anilines is 2. The Hall–Kier alpha value is -3.04. The minimum absolute atomic E-state index is 0.270. The first kappa shape index (κ1) is 17.3. The van der Waals surface area contributed by atoms with Crippen LogP contribution in [0.4, 0.5) is 25.1 Å². The van der Waals surface area contributed by atoms with E-state index in [0.29, 0.717) is 0 Å². The van der Waals surface area contributed by atoms with Gasteiger partial charge in [0.05, 0.1) is 5.56 Å². The highest BCUT2D eigenvalue weighted by Gasteiger charge is 2.34. The first-order valence-electron chi connectivity index (χ1n) is 6.64. The van der Waals surface area contributed by atoms with Crippen molar-refractivity contribution in [3.63, 3.8) is 0 Å². The average Bonchev–Trinajstić information content (AvgIpc) is 2.44. The minimum Gasteiger partial charge on any atom is -0.295 e. The van der Waals surface area contributed by atoms with Gasteiger partial charge in [-0.05, 0) is 6.07 Å². The summed E-state index contributed by atoms with van der Waals surface area (Å²) in [5.74, 6) is -1.91. The number of hydrogen-bond acceptors (Lipinski definition) is 5. The van der Waals surface area contributed by atoms with Gasteiger partial charge in [-0.3, -0.25) is 20.2 Å². The molecule has 0 aliphatic carbocycles. The molecule has 0 saturated carbocycles. The van der Waals surface area contributed by atoms with Crippen molar-refractivity contribution >= 4 is 23.7 Å². The molecular weight excluding hydrogens is 327 g/mol. The van der Waals surface area contributed by atoms with Crippen LogP contribution < -0.4 is 10.6 Å². The van der Waals surface area contributed by atoms with Gasteiger partial charge >= 0.3 is 6.18 Å². The third-order valence-corrected chi connectivity index (χ3v) is 2.68. The summed E-state index contributed by atoms with van der Waals surface area (Å²) in [6.45, 7) is 2.37. The summed E-state index contributed by atoms with van der Waals surface area (Å²) < 4.78 is 39.4. The first-order chi connectivity index (χ1) is 11.2. The molecule has 0 atom stereocenters. The Bertz CT molecular complexity index is 758. The fourth-order valence-corrected chi connectivity index (χ4v) is 1.85. The summed E-state index contributed by atoms with van der Waals surface area (Å²) in [5.41, 5.74) is -1.25. The van der Waals surface area contributed by atoms with Crippen molar-refractivity contribution in [2.45, 2.75) is 20.0 Å². The van der Waals surface area contributed by atoms with E-state index < -0.39 is 23.6 Å². The molecule has 7 nitrogen and oxygen atoms in total. The third kappa shape index (κ3) is 4.24. The Labute approximate surface area is 134 Å². The van der Waals surface area contributed by atoms with E-state index in [0.717, 1.165) is 6.07 Å². The molecule has 2 rings (SSSR count). The van der Waals surface area contributed by atoms with Gasteiger partial charge in [0.2, 0.25) is 23.7 Å². The molecule has 0 radical (unpaired) electrons. The minimum atomic E-state index is -4.62. The number of halogens is 3. The van der Waals surface area contributed by atoms with E-state index in [1.54, 1.807) is 0 Å². The normalized spacial score (nSPS) is 11.0. The number of alkyl halides is 3. The maximum atomic E-state index is 13.1. The predicted octanol–water partition coefficient (Wildman–Crippen LogP) is 2.47. The molecular formula is C14H12F3N5O2. The van der Waals surface area contributed by atoms with Crippen molar-refractivity contribution in [1.82, 2.24) is 15.0 Å². The second-order valence-corrected chi connectivity index (χ2v) is 4.71. The summed E-state index contributed by atoms with van der Waals surface area (Å²) >= 11 is 0. The Kier molecular flexibility index (Phi) is 4.77. The molecule has 2 amide bonds. The molecule has 0 bridgehead atoms. The second kappa shape index (κ2) is 6.60. The number of carbonyl (C=O) groups is 2. The molecule has 1 aromatic heterocycles. The average molecular weight is 339 g/mol. The number of hydrogen-bond donors (Lipinski definition) is 2. The zero-order chi connectivity index (χ0) is 17.9. The molecule has 2 N–H and O–H groups in total. The summed E-state index contributed by atoms with van der Waals surface area (Å²) in [6.07, 6.45) is -4.62. The number of carbonyl (C=O) groups excluding carboxylic acids is 2.